The molecular weight excluding hydrogens is 727 g/mol. The molecule has 3 nitrogen and oxygen atoms in total. The van der Waals surface area contributed by atoms with Crippen LogP contribution in [0.3, 0.4) is 0 Å². The summed E-state index contributed by atoms with van der Waals surface area (Å²) >= 11 is 0. The Morgan fingerprint density at radius 1 is 0.633 bits per heavy atom. The fourth-order valence-electron chi connectivity index (χ4n) is 10.9. The second-order valence-electron chi connectivity index (χ2n) is 18.5. The van der Waals surface area contributed by atoms with Gasteiger partial charge in [-0.15, -0.1) is 0 Å². The van der Waals surface area contributed by atoms with Crippen LogP contribution in [-0.4, -0.2) is 6.71 Å². The first-order chi connectivity index (χ1) is 29.5. The van der Waals surface area contributed by atoms with E-state index in [1.165, 1.54) is 150 Å². The fraction of sp³-hybridized carbons (Fsp3) is 0.429. The summed E-state index contributed by atoms with van der Waals surface area (Å²) in [6.07, 6.45) is 18.0. The summed E-state index contributed by atoms with van der Waals surface area (Å²) in [5.41, 5.74) is 19.6. The largest absolute Gasteiger partial charge is 0.468 e. The van der Waals surface area contributed by atoms with Gasteiger partial charge in [0.1, 0.15) is 5.58 Å². The highest BCUT2D eigenvalue weighted by molar-refractivity contribution is 7.00. The van der Waals surface area contributed by atoms with E-state index in [0.717, 1.165) is 36.4 Å². The molecule has 0 radical (unpaired) electrons. The van der Waals surface area contributed by atoms with Gasteiger partial charge in [-0.3, -0.25) is 0 Å². The Kier molecular flexibility index (Phi) is 12.0. The maximum atomic E-state index is 7.25. The lowest BCUT2D eigenvalue weighted by Crippen LogP contribution is -2.61. The topological polar surface area (TPSA) is 19.6 Å². The van der Waals surface area contributed by atoms with Crippen LogP contribution in [-0.2, 0) is 19.3 Å². The van der Waals surface area contributed by atoms with E-state index in [1.54, 1.807) is 5.56 Å². The average molecular weight is 795 g/mol. The molecule has 3 aliphatic rings. The Morgan fingerprint density at radius 3 is 2.03 bits per heavy atom. The number of hydrogen-bond donors (Lipinski definition) is 0. The number of rotatable bonds is 18. The summed E-state index contributed by atoms with van der Waals surface area (Å²) in [5.74, 6) is 2.08. The van der Waals surface area contributed by atoms with Crippen molar-refractivity contribution in [2.24, 2.45) is 5.92 Å². The van der Waals surface area contributed by atoms with Crippen molar-refractivity contribution in [1.29, 1.82) is 0 Å². The highest BCUT2D eigenvalue weighted by atomic mass is 16.3. The van der Waals surface area contributed by atoms with Crippen molar-refractivity contribution in [1.82, 2.24) is 0 Å². The van der Waals surface area contributed by atoms with Gasteiger partial charge < -0.3 is 14.2 Å². The van der Waals surface area contributed by atoms with Crippen molar-refractivity contribution >= 4 is 68.4 Å². The summed E-state index contributed by atoms with van der Waals surface area (Å²) in [6.45, 7) is 13.9. The van der Waals surface area contributed by atoms with Crippen molar-refractivity contribution in [3.63, 3.8) is 0 Å². The number of furan rings is 1. The van der Waals surface area contributed by atoms with Crippen LogP contribution in [0.1, 0.15) is 158 Å². The molecule has 3 heterocycles. The third-order valence-corrected chi connectivity index (χ3v) is 14.2. The Balaban J connectivity index is 1.28. The van der Waals surface area contributed by atoms with E-state index in [9.17, 15) is 0 Å². The van der Waals surface area contributed by atoms with Crippen molar-refractivity contribution in [2.45, 2.75) is 150 Å². The number of nitrogens with zero attached hydrogens (tertiary/aromatic N) is 2. The van der Waals surface area contributed by atoms with E-state index >= 15 is 0 Å². The van der Waals surface area contributed by atoms with Crippen LogP contribution in [0.5, 0.6) is 0 Å². The standard InChI is InChI=1S/C56H67BN2O/c1-7-13-19-38-25-31-53-48(34-38)55-56(60-53)57-49-30-24-39(20-14-8-2)35-52(49)58(46-33-40(21-15-9-3)32-44(36-46)47-37-43(47)18-11-5)50-22-16-23-51(54(50)57)59(55)45-28-26-42(27-29-45)41(12-6)17-10-4/h16,22-36,41,43,47H,7-15,17-21,37H2,1-6H3. The first-order valence-electron chi connectivity index (χ1n) is 24.1. The van der Waals surface area contributed by atoms with Crippen LogP contribution in [0.25, 0.3) is 11.0 Å². The SMILES string of the molecule is CCCCc1cc(C2CC2CCC)cc(N2c3cc(CCCC)ccc3B3c4oc5ccc(CCCC)cc5c4N(c4ccc(C(CC)CCC)cc4)c4cccc2c43)c1. The van der Waals surface area contributed by atoms with Gasteiger partial charge in [0.25, 0.3) is 6.71 Å². The molecule has 1 aromatic heterocycles. The summed E-state index contributed by atoms with van der Waals surface area (Å²) < 4.78 is 7.25. The second-order valence-corrected chi connectivity index (χ2v) is 18.5. The third-order valence-electron chi connectivity index (χ3n) is 14.2. The molecule has 1 saturated carbocycles. The minimum atomic E-state index is -0.0196. The van der Waals surface area contributed by atoms with Crippen molar-refractivity contribution in [3.8, 4) is 0 Å². The Morgan fingerprint density at radius 2 is 1.33 bits per heavy atom. The third kappa shape index (κ3) is 7.51. The van der Waals surface area contributed by atoms with Gasteiger partial charge in [-0.25, -0.2) is 0 Å². The quantitative estimate of drug-likeness (QED) is 0.0807. The lowest BCUT2D eigenvalue weighted by Gasteiger charge is -2.42. The minimum absolute atomic E-state index is 0.0196. The molecule has 310 valence electrons. The van der Waals surface area contributed by atoms with Gasteiger partial charge in [-0.1, -0.05) is 123 Å². The van der Waals surface area contributed by atoms with Gasteiger partial charge in [0.2, 0.25) is 0 Å². The minimum Gasteiger partial charge on any atom is -0.468 e. The molecule has 6 aromatic rings. The number of aryl methyl sites for hydroxylation is 3. The Labute approximate surface area is 361 Å². The van der Waals surface area contributed by atoms with E-state index < -0.39 is 0 Å². The molecular formula is C56H67BN2O. The summed E-state index contributed by atoms with van der Waals surface area (Å²) in [7, 11) is 0. The number of hydrogen-bond acceptors (Lipinski definition) is 3. The fourth-order valence-corrected chi connectivity index (χ4v) is 10.9. The zero-order chi connectivity index (χ0) is 41.3. The molecule has 0 spiro atoms. The lowest BCUT2D eigenvalue weighted by molar-refractivity contribution is 0.596. The molecule has 1 aliphatic carbocycles. The molecule has 9 rings (SSSR count). The van der Waals surface area contributed by atoms with Crippen molar-refractivity contribution in [2.75, 3.05) is 9.80 Å². The van der Waals surface area contributed by atoms with E-state index in [-0.39, 0.29) is 6.71 Å². The monoisotopic (exact) mass is 795 g/mol. The van der Waals surface area contributed by atoms with Gasteiger partial charge in [0.15, 0.2) is 0 Å². The van der Waals surface area contributed by atoms with Crippen LogP contribution < -0.4 is 26.4 Å². The molecule has 5 aromatic carbocycles. The molecule has 3 atom stereocenters. The number of anilines is 6. The average Bonchev–Trinajstić information content (AvgIpc) is 3.96. The van der Waals surface area contributed by atoms with Gasteiger partial charge in [0.05, 0.1) is 11.3 Å². The number of unbranched alkanes of at least 4 members (excludes halogenated alkanes) is 3. The second kappa shape index (κ2) is 17.7. The molecule has 2 aliphatic heterocycles. The number of fused-ring (bicyclic) bond motifs is 6. The Hall–Kier alpha value is -4.70. The summed E-state index contributed by atoms with van der Waals surface area (Å²) in [4.78, 5) is 5.22. The van der Waals surface area contributed by atoms with Crippen molar-refractivity contribution < 1.29 is 4.42 Å². The zero-order valence-electron chi connectivity index (χ0n) is 37.5. The van der Waals surface area contributed by atoms with Gasteiger partial charge in [0, 0.05) is 33.8 Å². The van der Waals surface area contributed by atoms with Crippen LogP contribution in [0.4, 0.5) is 34.1 Å². The lowest BCUT2D eigenvalue weighted by atomic mass is 9.35. The predicted octanol–water partition coefficient (Wildman–Crippen LogP) is 14.7. The molecule has 4 heteroatoms. The van der Waals surface area contributed by atoms with Gasteiger partial charge in [-0.2, -0.15) is 0 Å². The maximum absolute atomic E-state index is 7.25. The van der Waals surface area contributed by atoms with Crippen molar-refractivity contribution in [3.05, 3.63) is 125 Å². The molecule has 3 unspecified atom stereocenters. The van der Waals surface area contributed by atoms with E-state index in [1.807, 2.05) is 0 Å². The normalized spacial score (nSPS) is 16.9. The molecule has 0 N–H and O–H groups in total. The first kappa shape index (κ1) is 40.7. The van der Waals surface area contributed by atoms with E-state index in [0.29, 0.717) is 11.8 Å². The van der Waals surface area contributed by atoms with Crippen LogP contribution >= 0.6 is 0 Å². The molecule has 60 heavy (non-hydrogen) atoms. The maximum Gasteiger partial charge on any atom is 0.297 e. The van der Waals surface area contributed by atoms with Crippen LogP contribution in [0.15, 0.2) is 101 Å². The Bertz CT molecular complexity index is 2440. The molecule has 1 fully saturated rings. The van der Waals surface area contributed by atoms with E-state index in [4.69, 9.17) is 4.42 Å². The number of benzene rings is 5. The highest BCUT2D eigenvalue weighted by Crippen LogP contribution is 2.52. The smallest absolute Gasteiger partial charge is 0.297 e. The van der Waals surface area contributed by atoms with Gasteiger partial charge in [-0.05, 0) is 169 Å². The predicted molar refractivity (Wildman–Crippen MR) is 260 cm³/mol. The first-order valence-corrected chi connectivity index (χ1v) is 24.1. The molecule has 0 bridgehead atoms. The molecule has 0 saturated heterocycles. The zero-order valence-corrected chi connectivity index (χ0v) is 37.5. The highest BCUT2D eigenvalue weighted by Gasteiger charge is 2.47. The van der Waals surface area contributed by atoms with E-state index in [2.05, 4.69) is 148 Å². The summed E-state index contributed by atoms with van der Waals surface area (Å²) in [5, 5.41) is 1.22. The van der Waals surface area contributed by atoms with Crippen LogP contribution in [0.2, 0.25) is 0 Å². The van der Waals surface area contributed by atoms with Gasteiger partial charge >= 0.3 is 0 Å². The summed E-state index contributed by atoms with van der Waals surface area (Å²) in [6, 6.07) is 38.8. The molecule has 0 amide bonds. The van der Waals surface area contributed by atoms with Crippen LogP contribution in [0, 0.1) is 5.92 Å².